The molecule has 0 aromatic rings. The maximum Gasteiger partial charge on any atom is 0.167 e. The molecule has 0 fully saturated rings. The molecule has 2 heteroatoms. The Morgan fingerprint density at radius 1 is 1.06 bits per heavy atom. The first-order valence-corrected chi connectivity index (χ1v) is 6.58. The van der Waals surface area contributed by atoms with Crippen molar-refractivity contribution >= 4 is 5.78 Å². The standard InChI is InChI=1S/C15H30O2/c1-9-15(8,17)12(16)11(14(5,6)7)10-13(2,3)4/h11,17H,9-10H2,1-8H3. The highest BCUT2D eigenvalue weighted by atomic mass is 16.3. The normalized spacial score (nSPS) is 18.6. The molecule has 0 aliphatic rings. The van der Waals surface area contributed by atoms with Crippen molar-refractivity contribution in [1.29, 1.82) is 0 Å². The molecule has 0 saturated carbocycles. The molecule has 17 heavy (non-hydrogen) atoms. The molecule has 2 atom stereocenters. The third-order valence-corrected chi connectivity index (χ3v) is 3.40. The number of ketones is 1. The molecule has 102 valence electrons. The lowest BCUT2D eigenvalue weighted by Gasteiger charge is -2.38. The quantitative estimate of drug-likeness (QED) is 0.814. The molecule has 0 rings (SSSR count). The van der Waals surface area contributed by atoms with E-state index in [0.717, 1.165) is 6.42 Å². The Morgan fingerprint density at radius 3 is 1.71 bits per heavy atom. The van der Waals surface area contributed by atoms with Gasteiger partial charge in [0, 0.05) is 5.92 Å². The maximum atomic E-state index is 12.5. The fourth-order valence-electron chi connectivity index (χ4n) is 1.95. The smallest absolute Gasteiger partial charge is 0.167 e. The summed E-state index contributed by atoms with van der Waals surface area (Å²) in [7, 11) is 0. The topological polar surface area (TPSA) is 37.3 Å². The first kappa shape index (κ1) is 16.6. The summed E-state index contributed by atoms with van der Waals surface area (Å²) in [5, 5.41) is 10.2. The van der Waals surface area contributed by atoms with Gasteiger partial charge in [0.25, 0.3) is 0 Å². The SMILES string of the molecule is CCC(C)(O)C(=O)C(CC(C)(C)C)C(C)(C)C. The lowest BCUT2D eigenvalue weighted by Crippen LogP contribution is -2.45. The highest BCUT2D eigenvalue weighted by Gasteiger charge is 2.41. The lowest BCUT2D eigenvalue weighted by atomic mass is 9.67. The number of carbonyl (C=O) groups is 1. The number of hydrogen-bond donors (Lipinski definition) is 1. The summed E-state index contributed by atoms with van der Waals surface area (Å²) in [4.78, 5) is 12.5. The molecular formula is C15H30O2. The number of Topliss-reactive ketones (excluding diaryl/α,β-unsaturated/α-hetero) is 1. The second kappa shape index (κ2) is 5.09. The van der Waals surface area contributed by atoms with Gasteiger partial charge in [0.05, 0.1) is 0 Å². The van der Waals surface area contributed by atoms with Crippen molar-refractivity contribution in [1.82, 2.24) is 0 Å². The molecule has 2 nitrogen and oxygen atoms in total. The van der Waals surface area contributed by atoms with E-state index < -0.39 is 5.60 Å². The average Bonchev–Trinajstić information content (AvgIpc) is 2.10. The van der Waals surface area contributed by atoms with E-state index in [-0.39, 0.29) is 22.5 Å². The van der Waals surface area contributed by atoms with Crippen molar-refractivity contribution < 1.29 is 9.90 Å². The molecule has 0 aliphatic carbocycles. The molecule has 0 bridgehead atoms. The summed E-state index contributed by atoms with van der Waals surface area (Å²) in [6, 6.07) is 0. The Labute approximate surface area is 107 Å². The summed E-state index contributed by atoms with van der Waals surface area (Å²) in [5.41, 5.74) is -1.20. The fraction of sp³-hybridized carbons (Fsp3) is 0.933. The first-order valence-electron chi connectivity index (χ1n) is 6.58. The zero-order chi connectivity index (χ0) is 14.1. The number of carbonyl (C=O) groups excluding carboxylic acids is 1. The van der Waals surface area contributed by atoms with Gasteiger partial charge in [0.2, 0.25) is 0 Å². The van der Waals surface area contributed by atoms with Crippen molar-refractivity contribution in [2.75, 3.05) is 0 Å². The van der Waals surface area contributed by atoms with Gasteiger partial charge in [-0.3, -0.25) is 4.79 Å². The summed E-state index contributed by atoms with van der Waals surface area (Å²) in [6.45, 7) is 16.1. The van der Waals surface area contributed by atoms with E-state index >= 15 is 0 Å². The van der Waals surface area contributed by atoms with Crippen LogP contribution in [0.4, 0.5) is 0 Å². The Hall–Kier alpha value is -0.370. The third kappa shape index (κ3) is 5.20. The van der Waals surface area contributed by atoms with E-state index in [9.17, 15) is 9.90 Å². The second-order valence-corrected chi connectivity index (χ2v) is 7.68. The van der Waals surface area contributed by atoms with E-state index in [2.05, 4.69) is 41.5 Å². The van der Waals surface area contributed by atoms with E-state index in [4.69, 9.17) is 0 Å². The highest BCUT2D eigenvalue weighted by molar-refractivity contribution is 5.89. The van der Waals surface area contributed by atoms with Crippen molar-refractivity contribution in [2.45, 2.75) is 73.8 Å². The van der Waals surface area contributed by atoms with E-state index in [0.29, 0.717) is 6.42 Å². The van der Waals surface area contributed by atoms with Crippen LogP contribution in [-0.2, 0) is 4.79 Å². The summed E-state index contributed by atoms with van der Waals surface area (Å²) < 4.78 is 0. The second-order valence-electron chi connectivity index (χ2n) is 7.68. The molecule has 0 spiro atoms. The zero-order valence-corrected chi connectivity index (χ0v) is 12.8. The minimum absolute atomic E-state index is 0.0116. The molecule has 0 amide bonds. The van der Waals surface area contributed by atoms with Crippen LogP contribution >= 0.6 is 0 Å². The summed E-state index contributed by atoms with van der Waals surface area (Å²) >= 11 is 0. The van der Waals surface area contributed by atoms with E-state index in [1.807, 2.05) is 6.92 Å². The molecule has 0 aromatic heterocycles. The first-order chi connectivity index (χ1) is 7.31. The number of hydrogen-bond acceptors (Lipinski definition) is 2. The summed E-state index contributed by atoms with van der Waals surface area (Å²) in [6.07, 6.45) is 1.29. The van der Waals surface area contributed by atoms with Gasteiger partial charge in [-0.05, 0) is 30.6 Å². The van der Waals surface area contributed by atoms with Crippen LogP contribution in [0, 0.1) is 16.7 Å². The van der Waals surface area contributed by atoms with Crippen LogP contribution in [0.2, 0.25) is 0 Å². The zero-order valence-electron chi connectivity index (χ0n) is 12.8. The van der Waals surface area contributed by atoms with Gasteiger partial charge in [0.1, 0.15) is 5.60 Å². The van der Waals surface area contributed by atoms with Crippen LogP contribution in [0.15, 0.2) is 0 Å². The Kier molecular flexibility index (Phi) is 4.98. The largest absolute Gasteiger partial charge is 0.382 e. The summed E-state index contributed by atoms with van der Waals surface area (Å²) in [5.74, 6) is -0.111. The Balaban J connectivity index is 5.16. The van der Waals surface area contributed by atoms with E-state index in [1.54, 1.807) is 6.92 Å². The third-order valence-electron chi connectivity index (χ3n) is 3.40. The Morgan fingerprint density at radius 2 is 1.47 bits per heavy atom. The van der Waals surface area contributed by atoms with Gasteiger partial charge in [-0.15, -0.1) is 0 Å². The van der Waals surface area contributed by atoms with Gasteiger partial charge in [-0.2, -0.15) is 0 Å². The molecular weight excluding hydrogens is 212 g/mol. The van der Waals surface area contributed by atoms with Crippen LogP contribution in [0.1, 0.15) is 68.2 Å². The number of rotatable bonds is 4. The van der Waals surface area contributed by atoms with Crippen molar-refractivity contribution in [3.8, 4) is 0 Å². The highest BCUT2D eigenvalue weighted by Crippen LogP contribution is 2.39. The van der Waals surface area contributed by atoms with Crippen LogP contribution in [0.5, 0.6) is 0 Å². The molecule has 0 radical (unpaired) electrons. The van der Waals surface area contributed by atoms with Crippen LogP contribution in [-0.4, -0.2) is 16.5 Å². The van der Waals surface area contributed by atoms with Gasteiger partial charge >= 0.3 is 0 Å². The van der Waals surface area contributed by atoms with Gasteiger partial charge < -0.3 is 5.11 Å². The molecule has 0 aromatic carbocycles. The minimum Gasteiger partial charge on any atom is -0.382 e. The monoisotopic (exact) mass is 242 g/mol. The van der Waals surface area contributed by atoms with Gasteiger partial charge in [-0.1, -0.05) is 48.5 Å². The predicted octanol–water partition coefficient (Wildman–Crippen LogP) is 3.82. The molecule has 0 aliphatic heterocycles. The molecule has 1 N–H and O–H groups in total. The van der Waals surface area contributed by atoms with Crippen molar-refractivity contribution in [3.05, 3.63) is 0 Å². The average molecular weight is 242 g/mol. The number of aliphatic hydroxyl groups is 1. The van der Waals surface area contributed by atoms with Crippen molar-refractivity contribution in [3.63, 3.8) is 0 Å². The molecule has 0 saturated heterocycles. The maximum absolute atomic E-state index is 12.5. The Bertz CT molecular complexity index is 264. The van der Waals surface area contributed by atoms with Crippen LogP contribution < -0.4 is 0 Å². The van der Waals surface area contributed by atoms with Crippen LogP contribution in [0.25, 0.3) is 0 Å². The fourth-order valence-corrected chi connectivity index (χ4v) is 1.95. The molecule has 0 heterocycles. The van der Waals surface area contributed by atoms with Crippen molar-refractivity contribution in [2.24, 2.45) is 16.7 Å². The van der Waals surface area contributed by atoms with E-state index in [1.165, 1.54) is 0 Å². The van der Waals surface area contributed by atoms with Crippen LogP contribution in [0.3, 0.4) is 0 Å². The minimum atomic E-state index is -1.19. The molecule has 2 unspecified atom stereocenters. The van der Waals surface area contributed by atoms with Gasteiger partial charge in [-0.25, -0.2) is 0 Å². The lowest BCUT2D eigenvalue weighted by molar-refractivity contribution is -0.145. The van der Waals surface area contributed by atoms with Gasteiger partial charge in [0.15, 0.2) is 5.78 Å². The predicted molar refractivity (Wildman–Crippen MR) is 72.9 cm³/mol.